The van der Waals surface area contributed by atoms with Gasteiger partial charge >= 0.3 is 5.97 Å². The number of hydrogen-bond donors (Lipinski definition) is 1. The monoisotopic (exact) mass is 713 g/mol. The molecule has 1 aliphatic heterocycles. The van der Waals surface area contributed by atoms with E-state index in [0.717, 1.165) is 57.3 Å². The van der Waals surface area contributed by atoms with Gasteiger partial charge in [-0.05, 0) is 104 Å². The van der Waals surface area contributed by atoms with E-state index in [4.69, 9.17) is 4.98 Å². The maximum Gasteiger partial charge on any atom is 0.321 e. The number of thiazole rings is 1. The Bertz CT molecular complexity index is 1360. The first-order valence-electron chi connectivity index (χ1n) is 16.0. The van der Waals surface area contributed by atoms with E-state index in [9.17, 15) is 14.3 Å². The third-order valence-corrected chi connectivity index (χ3v) is 11.1. The van der Waals surface area contributed by atoms with Crippen molar-refractivity contribution in [2.45, 2.75) is 89.6 Å². The van der Waals surface area contributed by atoms with Gasteiger partial charge in [0.25, 0.3) is 0 Å². The predicted octanol–water partition coefficient (Wildman–Crippen LogP) is 9.04. The molecule has 1 aliphatic carbocycles. The normalized spacial score (nSPS) is 21.1. The fourth-order valence-corrected chi connectivity index (χ4v) is 8.58. The number of aliphatic carboxylic acids is 1. The Morgan fingerprint density at radius 3 is 2.30 bits per heavy atom. The molecule has 4 atom stereocenters. The van der Waals surface area contributed by atoms with Gasteiger partial charge < -0.3 is 10.0 Å². The summed E-state index contributed by atoms with van der Waals surface area (Å²) in [6.45, 7) is 11.5. The van der Waals surface area contributed by atoms with Crippen molar-refractivity contribution in [2.75, 3.05) is 26.7 Å². The van der Waals surface area contributed by atoms with Crippen molar-refractivity contribution in [1.82, 2.24) is 14.8 Å². The Morgan fingerprint density at radius 2 is 1.72 bits per heavy atom. The molecule has 0 amide bonds. The van der Waals surface area contributed by atoms with Crippen LogP contribution in [-0.4, -0.2) is 64.6 Å². The van der Waals surface area contributed by atoms with E-state index < -0.39 is 12.0 Å². The summed E-state index contributed by atoms with van der Waals surface area (Å²) in [6.07, 6.45) is 7.04. The summed E-state index contributed by atoms with van der Waals surface area (Å²) in [5, 5.41) is 11.1. The molecule has 1 saturated heterocycles. The number of benzene rings is 2. The number of carboxylic acid groups (broad SMARTS) is 1. The standard InChI is InChI=1S/C36H48FN3O2S.3ClH/c1-23(2)26-11-9-25(10-12-26)17-34-38-21-33(43-34)27-13-15-40(16-14-27)22-29-19-31(39(5)35(24(3)4)36(41)42)20-32(29)28-7-6-8-30(37)18-28;;;/h6-12,18,21,23-24,27,29,31-32,35H,13-17,19-20,22H2,1-5H3,(H,41,42);3*1H/t29?,31?,32?,35-;;;/m1.../s1. The highest BCUT2D eigenvalue weighted by molar-refractivity contribution is 7.11. The molecule has 0 radical (unpaired) electrons. The Hall–Kier alpha value is -1.74. The van der Waals surface area contributed by atoms with E-state index in [-0.39, 0.29) is 60.9 Å². The molecule has 0 bridgehead atoms. The van der Waals surface area contributed by atoms with E-state index in [2.05, 4.69) is 54.1 Å². The quantitative estimate of drug-likeness (QED) is 0.215. The molecule has 5 rings (SSSR count). The van der Waals surface area contributed by atoms with Crippen LogP contribution in [0.4, 0.5) is 4.39 Å². The van der Waals surface area contributed by atoms with Gasteiger partial charge in [0.15, 0.2) is 0 Å². The lowest BCUT2D eigenvalue weighted by Crippen LogP contribution is -2.47. The molecular formula is C36H51Cl3FN3O2S. The van der Waals surface area contributed by atoms with E-state index >= 15 is 0 Å². The fraction of sp³-hybridized carbons (Fsp3) is 0.556. The lowest BCUT2D eigenvalue weighted by molar-refractivity contribution is -0.145. The number of carboxylic acids is 1. The van der Waals surface area contributed by atoms with Crippen molar-refractivity contribution in [1.29, 1.82) is 0 Å². The molecule has 1 N–H and O–H groups in total. The number of likely N-dealkylation sites (tertiary alicyclic amines) is 1. The molecule has 2 aromatic carbocycles. The second-order valence-corrected chi connectivity index (χ2v) is 14.7. The highest BCUT2D eigenvalue weighted by Crippen LogP contribution is 2.44. The first-order valence-corrected chi connectivity index (χ1v) is 16.9. The molecule has 256 valence electrons. The number of hydrogen-bond acceptors (Lipinski definition) is 5. The first-order chi connectivity index (χ1) is 20.6. The number of halogens is 4. The summed E-state index contributed by atoms with van der Waals surface area (Å²) in [5.41, 5.74) is 3.73. The predicted molar refractivity (Wildman–Crippen MR) is 195 cm³/mol. The van der Waals surface area contributed by atoms with Crippen molar-refractivity contribution in [3.05, 3.63) is 87.1 Å². The third kappa shape index (κ3) is 9.90. The van der Waals surface area contributed by atoms with Gasteiger partial charge in [-0.3, -0.25) is 9.69 Å². The van der Waals surface area contributed by atoms with Crippen molar-refractivity contribution in [2.24, 2.45) is 11.8 Å². The Morgan fingerprint density at radius 1 is 1.04 bits per heavy atom. The van der Waals surface area contributed by atoms with Crippen molar-refractivity contribution >= 4 is 54.5 Å². The maximum atomic E-state index is 14.3. The van der Waals surface area contributed by atoms with Crippen molar-refractivity contribution in [3.8, 4) is 0 Å². The summed E-state index contributed by atoms with van der Waals surface area (Å²) >= 11 is 1.87. The number of piperidine rings is 1. The second kappa shape index (κ2) is 18.1. The molecule has 3 unspecified atom stereocenters. The van der Waals surface area contributed by atoms with Gasteiger partial charge in [-0.25, -0.2) is 9.37 Å². The summed E-state index contributed by atoms with van der Waals surface area (Å²) < 4.78 is 14.3. The lowest BCUT2D eigenvalue weighted by Gasteiger charge is -2.35. The number of nitrogens with zero attached hydrogens (tertiary/aromatic N) is 3. The molecule has 2 fully saturated rings. The molecule has 2 heterocycles. The van der Waals surface area contributed by atoms with Gasteiger partial charge in [-0.2, -0.15) is 0 Å². The summed E-state index contributed by atoms with van der Waals surface area (Å²) in [4.78, 5) is 23.0. The van der Waals surface area contributed by atoms with Gasteiger partial charge in [0.05, 0.1) is 5.01 Å². The first kappa shape index (κ1) is 40.4. The molecule has 3 aromatic rings. The minimum atomic E-state index is -0.763. The van der Waals surface area contributed by atoms with Gasteiger partial charge in [-0.1, -0.05) is 64.1 Å². The number of carbonyl (C=O) groups is 1. The van der Waals surface area contributed by atoms with Crippen LogP contribution in [0.5, 0.6) is 0 Å². The second-order valence-electron chi connectivity index (χ2n) is 13.5. The van der Waals surface area contributed by atoms with Crippen LogP contribution in [0.25, 0.3) is 0 Å². The topological polar surface area (TPSA) is 56.7 Å². The zero-order chi connectivity index (χ0) is 30.7. The van der Waals surface area contributed by atoms with Crippen LogP contribution >= 0.6 is 48.6 Å². The largest absolute Gasteiger partial charge is 0.480 e. The zero-order valence-electron chi connectivity index (χ0n) is 27.6. The van der Waals surface area contributed by atoms with Gasteiger partial charge in [0, 0.05) is 30.1 Å². The zero-order valence-corrected chi connectivity index (χ0v) is 30.9. The molecule has 10 heteroatoms. The van der Waals surface area contributed by atoms with Crippen LogP contribution in [0.2, 0.25) is 0 Å². The molecule has 2 aliphatic rings. The summed E-state index contributed by atoms with van der Waals surface area (Å²) in [5.74, 6) is 0.743. The Labute approximate surface area is 297 Å². The number of aromatic nitrogens is 1. The van der Waals surface area contributed by atoms with Crippen LogP contribution in [0, 0.1) is 17.7 Å². The van der Waals surface area contributed by atoms with Crippen LogP contribution in [0.3, 0.4) is 0 Å². The summed E-state index contributed by atoms with van der Waals surface area (Å²) in [7, 11) is 1.96. The van der Waals surface area contributed by atoms with E-state index in [1.165, 1.54) is 27.1 Å². The average Bonchev–Trinajstić information content (AvgIpc) is 3.61. The smallest absolute Gasteiger partial charge is 0.321 e. The molecular weight excluding hydrogens is 664 g/mol. The maximum absolute atomic E-state index is 14.3. The van der Waals surface area contributed by atoms with Gasteiger partial charge in [0.1, 0.15) is 11.9 Å². The Kier molecular flexibility index (Phi) is 15.9. The lowest BCUT2D eigenvalue weighted by atomic mass is 9.87. The van der Waals surface area contributed by atoms with E-state index in [1.54, 1.807) is 6.07 Å². The minimum absolute atomic E-state index is 0. The number of likely N-dealkylation sites (N-methyl/N-ethyl adjacent to an activating group) is 1. The van der Waals surface area contributed by atoms with E-state index in [1.807, 2.05) is 44.4 Å². The SMILES string of the molecule is CC(C)c1ccc(Cc2ncc(C3CCN(CC4CC(N(C)[C@@H](C(=O)O)C(C)C)CC4c4cccc(F)c4)CC3)s2)cc1.Cl.Cl.Cl. The third-order valence-electron chi connectivity index (χ3n) is 9.90. The van der Waals surface area contributed by atoms with Crippen LogP contribution in [0.1, 0.15) is 97.7 Å². The fourth-order valence-electron chi connectivity index (χ4n) is 7.45. The average molecular weight is 715 g/mol. The molecule has 46 heavy (non-hydrogen) atoms. The molecule has 1 saturated carbocycles. The van der Waals surface area contributed by atoms with Gasteiger partial charge in [-0.15, -0.1) is 48.6 Å². The molecule has 0 spiro atoms. The van der Waals surface area contributed by atoms with Crippen molar-refractivity contribution < 1.29 is 14.3 Å². The molecule has 1 aromatic heterocycles. The highest BCUT2D eigenvalue weighted by Gasteiger charge is 2.41. The Balaban J connectivity index is 0.00000245. The highest BCUT2D eigenvalue weighted by atomic mass is 35.5. The van der Waals surface area contributed by atoms with E-state index in [0.29, 0.717) is 17.8 Å². The van der Waals surface area contributed by atoms with Crippen molar-refractivity contribution in [3.63, 3.8) is 0 Å². The van der Waals surface area contributed by atoms with Crippen LogP contribution < -0.4 is 0 Å². The van der Waals surface area contributed by atoms with Crippen LogP contribution in [0.15, 0.2) is 54.7 Å². The minimum Gasteiger partial charge on any atom is -0.480 e. The number of rotatable bonds is 11. The molecule has 5 nitrogen and oxygen atoms in total. The summed E-state index contributed by atoms with van der Waals surface area (Å²) in [6, 6.07) is 15.6. The van der Waals surface area contributed by atoms with Gasteiger partial charge in [0.2, 0.25) is 0 Å². The van der Waals surface area contributed by atoms with Crippen LogP contribution in [-0.2, 0) is 11.2 Å².